The normalized spacial score (nSPS) is 11.0. The Balaban J connectivity index is 1.63. The van der Waals surface area contributed by atoms with Crippen molar-refractivity contribution in [3.8, 4) is 0 Å². The number of nitrogens with one attached hydrogen (secondary N) is 2. The van der Waals surface area contributed by atoms with Crippen LogP contribution >= 0.6 is 0 Å². The topological polar surface area (TPSA) is 96.7 Å². The maximum atomic E-state index is 12.2. The zero-order valence-corrected chi connectivity index (χ0v) is 12.5. The highest BCUT2D eigenvalue weighted by Crippen LogP contribution is 2.26. The van der Waals surface area contributed by atoms with Crippen molar-refractivity contribution < 1.29 is 9.21 Å². The predicted octanol–water partition coefficient (Wildman–Crippen LogP) is 1.93. The van der Waals surface area contributed by atoms with Gasteiger partial charge in [0, 0.05) is 23.9 Å². The Morgan fingerprint density at radius 2 is 2.23 bits per heavy atom. The SMILES string of the molecule is Cc1ccc2oc(C(=O)NCCCc3nn[nH]n3)c(C)c2c1. The van der Waals surface area contributed by atoms with Gasteiger partial charge in [-0.15, -0.1) is 10.2 Å². The third kappa shape index (κ3) is 2.83. The van der Waals surface area contributed by atoms with Crippen LogP contribution in [0.5, 0.6) is 0 Å². The fraction of sp³-hybridized carbons (Fsp3) is 0.333. The third-order valence-electron chi connectivity index (χ3n) is 3.55. The van der Waals surface area contributed by atoms with Crippen LogP contribution in [0.25, 0.3) is 11.0 Å². The van der Waals surface area contributed by atoms with Crippen LogP contribution in [0.1, 0.15) is 33.9 Å². The van der Waals surface area contributed by atoms with Crippen molar-refractivity contribution in [2.75, 3.05) is 6.54 Å². The summed E-state index contributed by atoms with van der Waals surface area (Å²) >= 11 is 0. The van der Waals surface area contributed by atoms with E-state index in [1.807, 2.05) is 32.0 Å². The number of hydrogen-bond donors (Lipinski definition) is 2. The van der Waals surface area contributed by atoms with Crippen LogP contribution in [0.3, 0.4) is 0 Å². The lowest BCUT2D eigenvalue weighted by atomic mass is 10.1. The molecule has 0 aliphatic carbocycles. The molecule has 0 radical (unpaired) electrons. The Morgan fingerprint density at radius 3 is 3.00 bits per heavy atom. The van der Waals surface area contributed by atoms with E-state index in [4.69, 9.17) is 4.42 Å². The number of aromatic amines is 1. The highest BCUT2D eigenvalue weighted by molar-refractivity contribution is 5.99. The highest BCUT2D eigenvalue weighted by atomic mass is 16.3. The maximum Gasteiger partial charge on any atom is 0.287 e. The summed E-state index contributed by atoms with van der Waals surface area (Å²) in [6, 6.07) is 5.89. The molecule has 2 aromatic heterocycles. The highest BCUT2D eigenvalue weighted by Gasteiger charge is 2.17. The van der Waals surface area contributed by atoms with Crippen molar-refractivity contribution in [3.05, 3.63) is 40.9 Å². The molecule has 3 rings (SSSR count). The Labute approximate surface area is 127 Å². The number of tetrazole rings is 1. The number of H-pyrrole nitrogens is 1. The summed E-state index contributed by atoms with van der Waals surface area (Å²) in [7, 11) is 0. The second-order valence-corrected chi connectivity index (χ2v) is 5.24. The smallest absolute Gasteiger partial charge is 0.287 e. The van der Waals surface area contributed by atoms with E-state index in [0.29, 0.717) is 24.6 Å². The first-order chi connectivity index (χ1) is 10.6. The first kappa shape index (κ1) is 14.2. The minimum absolute atomic E-state index is 0.195. The van der Waals surface area contributed by atoms with Gasteiger partial charge in [0.25, 0.3) is 5.91 Å². The van der Waals surface area contributed by atoms with Crippen LogP contribution in [0.2, 0.25) is 0 Å². The monoisotopic (exact) mass is 299 g/mol. The molecule has 0 saturated carbocycles. The van der Waals surface area contributed by atoms with Gasteiger partial charge < -0.3 is 9.73 Å². The molecule has 7 heteroatoms. The number of carbonyl (C=O) groups excluding carboxylic acids is 1. The summed E-state index contributed by atoms with van der Waals surface area (Å²) in [4.78, 5) is 12.2. The van der Waals surface area contributed by atoms with Gasteiger partial charge >= 0.3 is 0 Å². The lowest BCUT2D eigenvalue weighted by molar-refractivity contribution is 0.0927. The van der Waals surface area contributed by atoms with Crippen LogP contribution in [-0.4, -0.2) is 33.1 Å². The standard InChI is InChI=1S/C15H17N5O2/c1-9-5-6-12-11(8-9)10(2)14(22-12)15(21)16-7-3-4-13-17-19-20-18-13/h5-6,8H,3-4,7H2,1-2H3,(H,16,21)(H,17,18,19,20). The zero-order valence-electron chi connectivity index (χ0n) is 12.5. The molecule has 0 saturated heterocycles. The summed E-state index contributed by atoms with van der Waals surface area (Å²) in [5.41, 5.74) is 2.75. The molecule has 0 atom stereocenters. The van der Waals surface area contributed by atoms with Crippen molar-refractivity contribution in [2.24, 2.45) is 0 Å². The van der Waals surface area contributed by atoms with Crippen molar-refractivity contribution in [2.45, 2.75) is 26.7 Å². The summed E-state index contributed by atoms with van der Waals surface area (Å²) in [6.45, 7) is 4.45. The number of nitrogens with zero attached hydrogens (tertiary/aromatic N) is 3. The molecule has 0 unspecified atom stereocenters. The minimum Gasteiger partial charge on any atom is -0.451 e. The fourth-order valence-corrected chi connectivity index (χ4v) is 2.37. The molecule has 0 spiro atoms. The average Bonchev–Trinajstić information content (AvgIpc) is 3.12. The quantitative estimate of drug-likeness (QED) is 0.702. The number of carbonyl (C=O) groups is 1. The number of hydrogen-bond acceptors (Lipinski definition) is 5. The van der Waals surface area contributed by atoms with Gasteiger partial charge in [-0.1, -0.05) is 16.8 Å². The van der Waals surface area contributed by atoms with Gasteiger partial charge in [0.15, 0.2) is 11.6 Å². The van der Waals surface area contributed by atoms with Crippen molar-refractivity contribution >= 4 is 16.9 Å². The molecule has 2 heterocycles. The molecule has 0 aliphatic heterocycles. The van der Waals surface area contributed by atoms with E-state index in [2.05, 4.69) is 25.9 Å². The number of aryl methyl sites for hydroxylation is 3. The summed E-state index contributed by atoms with van der Waals surface area (Å²) in [6.07, 6.45) is 1.40. The number of amides is 1. The molecule has 1 amide bonds. The van der Waals surface area contributed by atoms with E-state index in [1.54, 1.807) is 0 Å². The Kier molecular flexibility index (Phi) is 3.86. The summed E-state index contributed by atoms with van der Waals surface area (Å²) in [5, 5.41) is 17.5. The first-order valence-corrected chi connectivity index (χ1v) is 7.15. The van der Waals surface area contributed by atoms with Gasteiger partial charge in [0.2, 0.25) is 0 Å². The molecule has 114 valence electrons. The number of aromatic nitrogens is 4. The zero-order chi connectivity index (χ0) is 15.5. The van der Waals surface area contributed by atoms with Crippen LogP contribution in [0.15, 0.2) is 22.6 Å². The van der Waals surface area contributed by atoms with E-state index in [9.17, 15) is 4.79 Å². The summed E-state index contributed by atoms with van der Waals surface area (Å²) < 4.78 is 5.67. The van der Waals surface area contributed by atoms with Crippen LogP contribution in [0.4, 0.5) is 0 Å². The van der Waals surface area contributed by atoms with Gasteiger partial charge in [-0.3, -0.25) is 4.79 Å². The van der Waals surface area contributed by atoms with Crippen LogP contribution < -0.4 is 5.32 Å². The average molecular weight is 299 g/mol. The predicted molar refractivity (Wildman–Crippen MR) is 80.5 cm³/mol. The van der Waals surface area contributed by atoms with Crippen molar-refractivity contribution in [3.63, 3.8) is 0 Å². The van der Waals surface area contributed by atoms with E-state index in [0.717, 1.165) is 28.5 Å². The number of benzene rings is 1. The first-order valence-electron chi connectivity index (χ1n) is 7.15. The molecule has 0 fully saturated rings. The molecule has 22 heavy (non-hydrogen) atoms. The number of rotatable bonds is 5. The Morgan fingerprint density at radius 1 is 1.36 bits per heavy atom. The third-order valence-corrected chi connectivity index (χ3v) is 3.55. The maximum absolute atomic E-state index is 12.2. The molecule has 0 aliphatic rings. The molecule has 2 N–H and O–H groups in total. The van der Waals surface area contributed by atoms with Crippen LogP contribution in [0, 0.1) is 13.8 Å². The molecule has 7 nitrogen and oxygen atoms in total. The Hall–Kier alpha value is -2.70. The number of fused-ring (bicyclic) bond motifs is 1. The molecule has 1 aromatic carbocycles. The largest absolute Gasteiger partial charge is 0.451 e. The molecular formula is C15H17N5O2. The lowest BCUT2D eigenvalue weighted by Gasteiger charge is -2.02. The Bertz CT molecular complexity index is 792. The second kappa shape index (κ2) is 5.97. The number of furan rings is 1. The molecular weight excluding hydrogens is 282 g/mol. The lowest BCUT2D eigenvalue weighted by Crippen LogP contribution is -2.25. The van der Waals surface area contributed by atoms with E-state index >= 15 is 0 Å². The van der Waals surface area contributed by atoms with Gasteiger partial charge in [-0.05, 0) is 32.4 Å². The van der Waals surface area contributed by atoms with Crippen molar-refractivity contribution in [1.29, 1.82) is 0 Å². The van der Waals surface area contributed by atoms with E-state index in [1.165, 1.54) is 0 Å². The van der Waals surface area contributed by atoms with E-state index < -0.39 is 0 Å². The summed E-state index contributed by atoms with van der Waals surface area (Å²) in [5.74, 6) is 0.823. The fourth-order valence-electron chi connectivity index (χ4n) is 2.37. The van der Waals surface area contributed by atoms with Crippen LogP contribution in [-0.2, 0) is 6.42 Å². The minimum atomic E-state index is -0.195. The van der Waals surface area contributed by atoms with Gasteiger partial charge in [0.05, 0.1) is 0 Å². The van der Waals surface area contributed by atoms with Gasteiger partial charge in [-0.25, -0.2) is 0 Å². The molecule has 3 aromatic rings. The van der Waals surface area contributed by atoms with Crippen molar-refractivity contribution in [1.82, 2.24) is 25.9 Å². The van der Waals surface area contributed by atoms with E-state index in [-0.39, 0.29) is 5.91 Å². The molecule has 0 bridgehead atoms. The van der Waals surface area contributed by atoms with Gasteiger partial charge in [-0.2, -0.15) is 5.21 Å². The van der Waals surface area contributed by atoms with Gasteiger partial charge in [0.1, 0.15) is 5.58 Å². The second-order valence-electron chi connectivity index (χ2n) is 5.24.